The average Bonchev–Trinajstić information content (AvgIpc) is 1.83. The van der Waals surface area contributed by atoms with Gasteiger partial charge >= 0.3 is 0 Å². The lowest BCUT2D eigenvalue weighted by atomic mass is 10.7. The van der Waals surface area contributed by atoms with Gasteiger partial charge in [0.25, 0.3) is 0 Å². The Morgan fingerprint density at radius 2 is 2.33 bits per heavy atom. The third-order valence-corrected chi connectivity index (χ3v) is 0.741. The molecule has 9 heavy (non-hydrogen) atoms. The maximum absolute atomic E-state index is 5.18. The van der Waals surface area contributed by atoms with E-state index in [1.165, 1.54) is 0 Å². The topological polar surface area (TPSA) is 50.7 Å². The SMILES string of the molecule is C=N/C(N)=N\C=C(/C)Br. The first kappa shape index (κ1) is 8.36. The minimum atomic E-state index is 0.175. The monoisotopic (exact) mass is 189 g/mol. The van der Waals surface area contributed by atoms with Gasteiger partial charge in [-0.25, -0.2) is 9.98 Å². The zero-order valence-electron chi connectivity index (χ0n) is 5.13. The Morgan fingerprint density at radius 1 is 1.78 bits per heavy atom. The Balaban J connectivity index is 3.98. The lowest BCUT2D eigenvalue weighted by molar-refractivity contribution is 1.42. The number of rotatable bonds is 1. The zero-order valence-corrected chi connectivity index (χ0v) is 6.72. The van der Waals surface area contributed by atoms with Crippen LogP contribution < -0.4 is 5.73 Å². The quantitative estimate of drug-likeness (QED) is 0.491. The maximum Gasteiger partial charge on any atom is 0.219 e. The molecule has 0 unspecified atom stereocenters. The number of nitrogens with two attached hydrogens (primary N) is 1. The van der Waals surface area contributed by atoms with E-state index in [9.17, 15) is 0 Å². The Bertz CT molecular complexity index is 156. The molecule has 50 valence electrons. The van der Waals surface area contributed by atoms with Crippen LogP contribution in [0.5, 0.6) is 0 Å². The summed E-state index contributed by atoms with van der Waals surface area (Å²) in [5, 5.41) is 0. The van der Waals surface area contributed by atoms with E-state index in [4.69, 9.17) is 5.73 Å². The Morgan fingerprint density at radius 3 is 2.67 bits per heavy atom. The summed E-state index contributed by atoms with van der Waals surface area (Å²) in [7, 11) is 0. The molecule has 0 aliphatic carbocycles. The molecule has 0 saturated heterocycles. The fraction of sp³-hybridized carbons (Fsp3) is 0.200. The van der Waals surface area contributed by atoms with Gasteiger partial charge in [-0.1, -0.05) is 15.9 Å². The Hall–Kier alpha value is -0.640. The average molecular weight is 190 g/mol. The van der Waals surface area contributed by atoms with Crippen LogP contribution in [-0.2, 0) is 0 Å². The summed E-state index contributed by atoms with van der Waals surface area (Å²) < 4.78 is 0.897. The summed E-state index contributed by atoms with van der Waals surface area (Å²) in [6, 6.07) is 0. The van der Waals surface area contributed by atoms with Crippen molar-refractivity contribution in [1.82, 2.24) is 0 Å². The first-order valence-electron chi connectivity index (χ1n) is 2.29. The molecule has 0 aromatic rings. The highest BCUT2D eigenvalue weighted by Crippen LogP contribution is 2.00. The standard InChI is InChI=1S/C5H8BrN3/c1-4(6)3-9-5(7)8-2/h3H,2H2,1H3,(H2,7,9)/b4-3+. The Kier molecular flexibility index (Phi) is 3.96. The van der Waals surface area contributed by atoms with Crippen LogP contribution in [0.25, 0.3) is 0 Å². The Labute approximate surface area is 62.5 Å². The van der Waals surface area contributed by atoms with Gasteiger partial charge in [0.15, 0.2) is 0 Å². The van der Waals surface area contributed by atoms with Crippen LogP contribution in [0.3, 0.4) is 0 Å². The number of halogens is 1. The molecule has 0 radical (unpaired) electrons. The molecule has 0 aliphatic heterocycles. The van der Waals surface area contributed by atoms with Gasteiger partial charge in [-0.2, -0.15) is 0 Å². The van der Waals surface area contributed by atoms with E-state index in [0.717, 1.165) is 4.48 Å². The molecule has 0 spiro atoms. The summed E-state index contributed by atoms with van der Waals surface area (Å²) >= 11 is 3.17. The first-order chi connectivity index (χ1) is 4.16. The fourth-order valence-electron chi connectivity index (χ4n) is 0.196. The molecule has 0 aliphatic rings. The van der Waals surface area contributed by atoms with Crippen molar-refractivity contribution in [3.05, 3.63) is 10.7 Å². The third-order valence-electron chi connectivity index (χ3n) is 0.537. The molecule has 0 aromatic heterocycles. The molecular formula is C5H8BrN3. The van der Waals surface area contributed by atoms with E-state index in [0.29, 0.717) is 0 Å². The highest BCUT2D eigenvalue weighted by atomic mass is 79.9. The van der Waals surface area contributed by atoms with Crippen molar-refractivity contribution in [2.24, 2.45) is 15.7 Å². The summed E-state index contributed by atoms with van der Waals surface area (Å²) in [6.45, 7) is 5.04. The molecule has 4 heteroatoms. The van der Waals surface area contributed by atoms with E-state index in [1.807, 2.05) is 6.92 Å². The predicted molar refractivity (Wildman–Crippen MR) is 43.9 cm³/mol. The van der Waals surface area contributed by atoms with Crippen molar-refractivity contribution >= 4 is 28.6 Å². The second-order valence-corrected chi connectivity index (χ2v) is 2.61. The summed E-state index contributed by atoms with van der Waals surface area (Å²) in [4.78, 5) is 7.07. The van der Waals surface area contributed by atoms with Crippen LogP contribution in [0, 0.1) is 0 Å². The first-order valence-corrected chi connectivity index (χ1v) is 3.08. The molecule has 0 rings (SSSR count). The van der Waals surface area contributed by atoms with E-state index < -0.39 is 0 Å². The summed E-state index contributed by atoms with van der Waals surface area (Å²) in [6.07, 6.45) is 1.56. The van der Waals surface area contributed by atoms with Crippen LogP contribution >= 0.6 is 15.9 Å². The largest absolute Gasteiger partial charge is 0.368 e. The van der Waals surface area contributed by atoms with Gasteiger partial charge in [0.1, 0.15) is 0 Å². The molecule has 0 saturated carbocycles. The minimum Gasteiger partial charge on any atom is -0.368 e. The highest BCUT2D eigenvalue weighted by Gasteiger charge is 1.78. The van der Waals surface area contributed by atoms with Crippen LogP contribution in [0.1, 0.15) is 6.92 Å². The van der Waals surface area contributed by atoms with Crippen LogP contribution in [0.15, 0.2) is 20.7 Å². The highest BCUT2D eigenvalue weighted by molar-refractivity contribution is 9.11. The second kappa shape index (κ2) is 4.26. The van der Waals surface area contributed by atoms with Gasteiger partial charge in [-0.15, -0.1) is 0 Å². The maximum atomic E-state index is 5.18. The molecule has 0 fully saturated rings. The van der Waals surface area contributed by atoms with E-state index >= 15 is 0 Å². The van der Waals surface area contributed by atoms with Crippen LogP contribution in [0.4, 0.5) is 0 Å². The predicted octanol–water partition coefficient (Wildman–Crippen LogP) is 1.26. The number of nitrogens with zero attached hydrogens (tertiary/aromatic N) is 2. The smallest absolute Gasteiger partial charge is 0.219 e. The van der Waals surface area contributed by atoms with Crippen molar-refractivity contribution in [2.45, 2.75) is 6.92 Å². The van der Waals surface area contributed by atoms with Crippen molar-refractivity contribution in [3.63, 3.8) is 0 Å². The summed E-state index contributed by atoms with van der Waals surface area (Å²) in [5.74, 6) is 0.175. The third kappa shape index (κ3) is 5.23. The number of hydrogen-bond donors (Lipinski definition) is 1. The molecule has 0 aromatic carbocycles. The van der Waals surface area contributed by atoms with E-state index in [1.54, 1.807) is 6.20 Å². The molecule has 0 bridgehead atoms. The van der Waals surface area contributed by atoms with Gasteiger partial charge < -0.3 is 5.73 Å². The number of hydrogen-bond acceptors (Lipinski definition) is 1. The van der Waals surface area contributed by atoms with Crippen molar-refractivity contribution < 1.29 is 0 Å². The van der Waals surface area contributed by atoms with E-state index in [2.05, 4.69) is 32.6 Å². The van der Waals surface area contributed by atoms with Gasteiger partial charge in [0.2, 0.25) is 5.96 Å². The van der Waals surface area contributed by atoms with Gasteiger partial charge in [-0.3, -0.25) is 0 Å². The van der Waals surface area contributed by atoms with Gasteiger partial charge in [0, 0.05) is 10.7 Å². The number of guanidine groups is 1. The lowest BCUT2D eigenvalue weighted by Crippen LogP contribution is -2.05. The molecule has 3 nitrogen and oxygen atoms in total. The molecular weight excluding hydrogens is 182 g/mol. The van der Waals surface area contributed by atoms with Crippen molar-refractivity contribution in [1.29, 1.82) is 0 Å². The molecule has 0 heterocycles. The molecule has 0 amide bonds. The van der Waals surface area contributed by atoms with Gasteiger partial charge in [-0.05, 0) is 13.6 Å². The normalized spacial score (nSPS) is 13.6. The van der Waals surface area contributed by atoms with Crippen LogP contribution in [0.2, 0.25) is 0 Å². The fourth-order valence-corrected chi connectivity index (χ4v) is 0.298. The second-order valence-electron chi connectivity index (χ2n) is 1.36. The van der Waals surface area contributed by atoms with Crippen molar-refractivity contribution in [2.75, 3.05) is 0 Å². The van der Waals surface area contributed by atoms with Gasteiger partial charge in [0.05, 0.1) is 0 Å². The van der Waals surface area contributed by atoms with Crippen LogP contribution in [-0.4, -0.2) is 12.7 Å². The number of aliphatic imine (C=N–C) groups is 2. The van der Waals surface area contributed by atoms with Crippen molar-refractivity contribution in [3.8, 4) is 0 Å². The molecule has 2 N–H and O–H groups in total. The molecule has 0 atom stereocenters. The minimum absolute atomic E-state index is 0.175. The lowest BCUT2D eigenvalue weighted by Gasteiger charge is -1.84. The van der Waals surface area contributed by atoms with E-state index in [-0.39, 0.29) is 5.96 Å². The summed E-state index contributed by atoms with van der Waals surface area (Å²) in [5.41, 5.74) is 5.18. The number of allylic oxidation sites excluding steroid dienone is 1. The zero-order chi connectivity index (χ0) is 7.28.